The van der Waals surface area contributed by atoms with E-state index in [2.05, 4.69) is 13.0 Å². The molecule has 0 aromatic carbocycles. The van der Waals surface area contributed by atoms with Crippen LogP contribution in [0.15, 0.2) is 12.2 Å². The summed E-state index contributed by atoms with van der Waals surface area (Å²) in [5, 5.41) is 8.59. The van der Waals surface area contributed by atoms with Crippen LogP contribution in [0, 0.1) is 23.2 Å². The second-order valence-corrected chi connectivity index (χ2v) is 4.31. The van der Waals surface area contributed by atoms with Gasteiger partial charge in [0.15, 0.2) is 5.78 Å². The van der Waals surface area contributed by atoms with Crippen molar-refractivity contribution in [2.45, 2.75) is 39.2 Å². The zero-order chi connectivity index (χ0) is 12.0. The van der Waals surface area contributed by atoms with Crippen LogP contribution in [-0.2, 0) is 9.53 Å². The van der Waals surface area contributed by atoms with Crippen LogP contribution in [0.2, 0.25) is 0 Å². The maximum atomic E-state index is 11.2. The molecule has 3 nitrogen and oxygen atoms in total. The lowest BCUT2D eigenvalue weighted by Gasteiger charge is -2.16. The van der Waals surface area contributed by atoms with Crippen molar-refractivity contribution in [3.63, 3.8) is 0 Å². The molecule has 16 heavy (non-hydrogen) atoms. The molecule has 3 unspecified atom stereocenters. The molecule has 0 saturated carbocycles. The maximum absolute atomic E-state index is 11.2. The highest BCUT2D eigenvalue weighted by atomic mass is 16.5. The van der Waals surface area contributed by atoms with Crippen LogP contribution in [0.3, 0.4) is 0 Å². The molecule has 0 N–H and O–H groups in total. The molecule has 88 valence electrons. The minimum Gasteiger partial charge on any atom is -0.374 e. The Morgan fingerprint density at radius 1 is 1.62 bits per heavy atom. The zero-order valence-corrected chi connectivity index (χ0v) is 9.98. The molecule has 0 aliphatic carbocycles. The van der Waals surface area contributed by atoms with Gasteiger partial charge in [-0.25, -0.2) is 0 Å². The molecular weight excluding hydrogens is 202 g/mol. The Balaban J connectivity index is 2.55. The first kappa shape index (κ1) is 12.9. The average molecular weight is 221 g/mol. The van der Waals surface area contributed by atoms with Gasteiger partial charge in [-0.15, -0.1) is 0 Å². The van der Waals surface area contributed by atoms with Crippen molar-refractivity contribution < 1.29 is 9.53 Å². The van der Waals surface area contributed by atoms with Gasteiger partial charge in [0, 0.05) is 12.8 Å². The van der Waals surface area contributed by atoms with Gasteiger partial charge < -0.3 is 4.74 Å². The quantitative estimate of drug-likeness (QED) is 0.670. The molecule has 1 fully saturated rings. The van der Waals surface area contributed by atoms with Gasteiger partial charge in [0.2, 0.25) is 0 Å². The summed E-state index contributed by atoms with van der Waals surface area (Å²) < 4.78 is 5.62. The summed E-state index contributed by atoms with van der Waals surface area (Å²) >= 11 is 0. The van der Waals surface area contributed by atoms with Gasteiger partial charge in [-0.3, -0.25) is 4.79 Å². The van der Waals surface area contributed by atoms with E-state index in [0.717, 1.165) is 13.0 Å². The van der Waals surface area contributed by atoms with E-state index in [4.69, 9.17) is 10.00 Å². The van der Waals surface area contributed by atoms with E-state index in [1.54, 1.807) is 6.08 Å². The van der Waals surface area contributed by atoms with E-state index < -0.39 is 0 Å². The maximum Gasteiger partial charge on any atom is 0.155 e. The van der Waals surface area contributed by atoms with E-state index in [1.165, 1.54) is 0 Å². The third-order valence-electron chi connectivity index (χ3n) is 3.11. The summed E-state index contributed by atoms with van der Waals surface area (Å²) in [4.78, 5) is 11.2. The highest BCUT2D eigenvalue weighted by molar-refractivity contribution is 5.89. The van der Waals surface area contributed by atoms with E-state index in [0.29, 0.717) is 24.7 Å². The lowest BCUT2D eigenvalue weighted by molar-refractivity contribution is -0.114. The van der Waals surface area contributed by atoms with Crippen molar-refractivity contribution in [2.75, 3.05) is 6.61 Å². The van der Waals surface area contributed by atoms with Gasteiger partial charge in [-0.2, -0.15) is 5.26 Å². The largest absolute Gasteiger partial charge is 0.374 e. The summed E-state index contributed by atoms with van der Waals surface area (Å²) in [6.07, 6.45) is 5.43. The molecule has 3 atom stereocenters. The number of carbonyl (C=O) groups excluding carboxylic acids is 1. The third-order valence-corrected chi connectivity index (χ3v) is 3.11. The molecule has 0 bridgehead atoms. The molecular formula is C13H19NO2. The SMILES string of the molecule is CCC(=O)/C=C/C1OCC(C)C1CCC#N. The fourth-order valence-electron chi connectivity index (χ4n) is 2.03. The van der Waals surface area contributed by atoms with Gasteiger partial charge >= 0.3 is 0 Å². The second-order valence-electron chi connectivity index (χ2n) is 4.31. The van der Waals surface area contributed by atoms with E-state index in [1.807, 2.05) is 13.0 Å². The van der Waals surface area contributed by atoms with Crippen molar-refractivity contribution in [2.24, 2.45) is 11.8 Å². The fraction of sp³-hybridized carbons (Fsp3) is 0.692. The third kappa shape index (κ3) is 3.46. The van der Waals surface area contributed by atoms with Crippen molar-refractivity contribution in [1.82, 2.24) is 0 Å². The number of nitriles is 1. The number of ketones is 1. The number of rotatable bonds is 5. The first-order chi connectivity index (χ1) is 7.69. The highest BCUT2D eigenvalue weighted by Crippen LogP contribution is 2.31. The number of nitrogens with zero attached hydrogens (tertiary/aromatic N) is 1. The summed E-state index contributed by atoms with van der Waals surface area (Å²) in [6.45, 7) is 4.71. The lowest BCUT2D eigenvalue weighted by atomic mass is 9.88. The van der Waals surface area contributed by atoms with Gasteiger partial charge in [0.05, 0.1) is 18.8 Å². The summed E-state index contributed by atoms with van der Waals surface area (Å²) in [6, 6.07) is 2.17. The Kier molecular flexibility index (Phi) is 5.21. The van der Waals surface area contributed by atoms with Crippen molar-refractivity contribution in [3.8, 4) is 6.07 Å². The molecule has 3 heteroatoms. The first-order valence-electron chi connectivity index (χ1n) is 5.88. The van der Waals surface area contributed by atoms with Crippen LogP contribution >= 0.6 is 0 Å². The minimum absolute atomic E-state index is 0.0128. The molecule has 0 spiro atoms. The first-order valence-corrected chi connectivity index (χ1v) is 5.88. The lowest BCUT2D eigenvalue weighted by Crippen LogP contribution is -2.17. The van der Waals surface area contributed by atoms with Gasteiger partial charge in [-0.1, -0.05) is 19.9 Å². The summed E-state index contributed by atoms with van der Waals surface area (Å²) in [5.41, 5.74) is 0. The van der Waals surface area contributed by atoms with Crippen molar-refractivity contribution in [3.05, 3.63) is 12.2 Å². The Hall–Kier alpha value is -1.14. The van der Waals surface area contributed by atoms with E-state index >= 15 is 0 Å². The van der Waals surface area contributed by atoms with Gasteiger partial charge in [0.1, 0.15) is 0 Å². The van der Waals surface area contributed by atoms with Crippen molar-refractivity contribution >= 4 is 5.78 Å². The van der Waals surface area contributed by atoms with Crippen LogP contribution < -0.4 is 0 Å². The van der Waals surface area contributed by atoms with Gasteiger partial charge in [0.25, 0.3) is 0 Å². The second kappa shape index (κ2) is 6.44. The molecule has 0 amide bonds. The molecule has 0 radical (unpaired) electrons. The molecule has 0 aromatic rings. The standard InChI is InChI=1S/C13H19NO2/c1-3-11(15)6-7-13-12(5-4-8-14)10(2)9-16-13/h6-7,10,12-13H,3-5,9H2,1-2H3/b7-6+. The smallest absolute Gasteiger partial charge is 0.155 e. The van der Waals surface area contributed by atoms with Crippen LogP contribution in [0.5, 0.6) is 0 Å². The molecule has 1 aliphatic rings. The molecule has 0 aromatic heterocycles. The van der Waals surface area contributed by atoms with Crippen LogP contribution in [0.1, 0.15) is 33.1 Å². The molecule has 1 aliphatic heterocycles. The average Bonchev–Trinajstić information content (AvgIpc) is 2.64. The Bertz CT molecular complexity index is 304. The predicted octanol–water partition coefficient (Wildman–Crippen LogP) is 2.48. The van der Waals surface area contributed by atoms with Crippen LogP contribution in [-0.4, -0.2) is 18.5 Å². The molecule has 1 saturated heterocycles. The van der Waals surface area contributed by atoms with E-state index in [9.17, 15) is 4.79 Å². The number of carbonyl (C=O) groups is 1. The number of allylic oxidation sites excluding steroid dienone is 1. The van der Waals surface area contributed by atoms with Gasteiger partial charge in [-0.05, 0) is 24.3 Å². The van der Waals surface area contributed by atoms with Crippen LogP contribution in [0.4, 0.5) is 0 Å². The minimum atomic E-state index is 0.0128. The van der Waals surface area contributed by atoms with E-state index in [-0.39, 0.29) is 11.9 Å². The zero-order valence-electron chi connectivity index (χ0n) is 9.98. The highest BCUT2D eigenvalue weighted by Gasteiger charge is 2.32. The topological polar surface area (TPSA) is 50.1 Å². The fourth-order valence-corrected chi connectivity index (χ4v) is 2.03. The number of ether oxygens (including phenoxy) is 1. The Labute approximate surface area is 97.1 Å². The summed E-state index contributed by atoms with van der Waals surface area (Å²) in [7, 11) is 0. The molecule has 1 rings (SSSR count). The van der Waals surface area contributed by atoms with Crippen molar-refractivity contribution in [1.29, 1.82) is 5.26 Å². The Morgan fingerprint density at radius 3 is 3.00 bits per heavy atom. The van der Waals surface area contributed by atoms with Crippen LogP contribution in [0.25, 0.3) is 0 Å². The normalized spacial score (nSPS) is 29.4. The Morgan fingerprint density at radius 2 is 2.38 bits per heavy atom. The molecule has 1 heterocycles. The number of hydrogen-bond donors (Lipinski definition) is 0. The monoisotopic (exact) mass is 221 g/mol. The predicted molar refractivity (Wildman–Crippen MR) is 61.7 cm³/mol. The number of hydrogen-bond acceptors (Lipinski definition) is 3. The summed E-state index contributed by atoms with van der Waals surface area (Å²) in [5.74, 6) is 0.975.